The zero-order valence-electron chi connectivity index (χ0n) is 11.0. The van der Waals surface area contributed by atoms with E-state index < -0.39 is 11.9 Å². The van der Waals surface area contributed by atoms with Crippen LogP contribution in [0.1, 0.15) is 53.4 Å². The largest absolute Gasteiger partial charge is 0.390 e. The molecule has 4 nitrogen and oxygen atoms in total. The summed E-state index contributed by atoms with van der Waals surface area (Å²) in [6.45, 7) is 6.80. The highest BCUT2D eigenvalue weighted by atomic mass is 16.6. The van der Waals surface area contributed by atoms with Gasteiger partial charge in [0.2, 0.25) is 0 Å². The predicted molar refractivity (Wildman–Crippen MR) is 64.3 cm³/mol. The minimum atomic E-state index is -0.717. The van der Waals surface area contributed by atoms with Crippen molar-refractivity contribution < 1.29 is 19.1 Å². The van der Waals surface area contributed by atoms with E-state index in [2.05, 4.69) is 4.74 Å². The van der Waals surface area contributed by atoms with Crippen LogP contribution in [0.25, 0.3) is 0 Å². The van der Waals surface area contributed by atoms with E-state index in [0.717, 1.165) is 6.42 Å². The molecule has 0 unspecified atom stereocenters. The van der Waals surface area contributed by atoms with Gasteiger partial charge in [-0.3, -0.25) is 9.59 Å². The average Bonchev–Trinajstić information content (AvgIpc) is 2.27. The highest BCUT2D eigenvalue weighted by Gasteiger charge is 2.16. The Bertz CT molecular complexity index is 339. The molecule has 0 spiro atoms. The zero-order valence-corrected chi connectivity index (χ0v) is 11.0. The molecule has 0 aliphatic heterocycles. The van der Waals surface area contributed by atoms with Gasteiger partial charge in [-0.05, 0) is 26.7 Å². The smallest absolute Gasteiger partial charge is 0.341 e. The molecule has 17 heavy (non-hydrogen) atoms. The monoisotopic (exact) mass is 240 g/mol. The van der Waals surface area contributed by atoms with Crippen LogP contribution in [0.3, 0.4) is 0 Å². The lowest BCUT2D eigenvalue weighted by molar-refractivity contribution is -0.157. The number of carbonyl (C=O) groups is 3. The van der Waals surface area contributed by atoms with E-state index in [-0.39, 0.29) is 17.8 Å². The van der Waals surface area contributed by atoms with Crippen molar-refractivity contribution >= 4 is 17.7 Å². The maximum Gasteiger partial charge on any atom is 0.341 e. The molecule has 0 bridgehead atoms. The van der Waals surface area contributed by atoms with Crippen molar-refractivity contribution in [3.05, 3.63) is 11.1 Å². The Morgan fingerprint density at radius 3 is 1.88 bits per heavy atom. The average molecular weight is 240 g/mol. The van der Waals surface area contributed by atoms with Gasteiger partial charge < -0.3 is 4.74 Å². The molecule has 0 aromatic carbocycles. The van der Waals surface area contributed by atoms with E-state index in [1.807, 2.05) is 13.8 Å². The molecule has 0 radical (unpaired) electrons. The van der Waals surface area contributed by atoms with Gasteiger partial charge in [-0.1, -0.05) is 13.8 Å². The summed E-state index contributed by atoms with van der Waals surface area (Å²) in [5.74, 6) is -1.34. The van der Waals surface area contributed by atoms with Crippen molar-refractivity contribution in [3.8, 4) is 0 Å². The second-order valence-electron chi connectivity index (χ2n) is 3.93. The maximum absolute atomic E-state index is 11.5. The summed E-state index contributed by atoms with van der Waals surface area (Å²) in [4.78, 5) is 34.2. The number of rotatable bonds is 6. The Hall–Kier alpha value is -1.45. The molecule has 0 aliphatic rings. The molecular formula is C13H20O4. The van der Waals surface area contributed by atoms with Crippen LogP contribution in [0.5, 0.6) is 0 Å². The lowest BCUT2D eigenvalue weighted by atomic mass is 10.0. The minimum absolute atomic E-state index is 0.0788. The highest BCUT2D eigenvalue weighted by molar-refractivity contribution is 6.05. The van der Waals surface area contributed by atoms with E-state index in [9.17, 15) is 14.4 Å². The fourth-order valence-electron chi connectivity index (χ4n) is 1.21. The normalized spacial score (nSPS) is 11.8. The highest BCUT2D eigenvalue weighted by Crippen LogP contribution is 2.10. The number of ketones is 1. The maximum atomic E-state index is 11.5. The van der Waals surface area contributed by atoms with Crippen LogP contribution >= 0.6 is 0 Å². The fourth-order valence-corrected chi connectivity index (χ4v) is 1.21. The standard InChI is InChI=1S/C13H20O4/c1-5-7-11(14)9(3)10(4)13(16)17-12(15)8-6-2/h5-8H2,1-4H3. The lowest BCUT2D eigenvalue weighted by Crippen LogP contribution is -2.15. The summed E-state index contributed by atoms with van der Waals surface area (Å²) < 4.78 is 4.61. The summed E-state index contributed by atoms with van der Waals surface area (Å²) in [6.07, 6.45) is 1.97. The molecule has 4 heteroatoms. The first-order valence-corrected chi connectivity index (χ1v) is 5.89. The number of hydrogen-bond acceptors (Lipinski definition) is 4. The SMILES string of the molecule is CCCC(=O)OC(=O)C(C)=C(C)C(=O)CCC. The van der Waals surface area contributed by atoms with Crippen LogP contribution in [0.4, 0.5) is 0 Å². The van der Waals surface area contributed by atoms with Crippen LogP contribution < -0.4 is 0 Å². The Balaban J connectivity index is 4.62. The van der Waals surface area contributed by atoms with Crippen LogP contribution in [0, 0.1) is 0 Å². The molecule has 0 rings (SSSR count). The number of ether oxygens (including phenoxy) is 1. The molecular weight excluding hydrogens is 220 g/mol. The van der Waals surface area contributed by atoms with Crippen LogP contribution in [-0.2, 0) is 19.1 Å². The van der Waals surface area contributed by atoms with Crippen molar-refractivity contribution in [2.45, 2.75) is 53.4 Å². The molecule has 0 N–H and O–H groups in total. The summed E-state index contributed by atoms with van der Waals surface area (Å²) in [5, 5.41) is 0. The molecule has 0 amide bonds. The van der Waals surface area contributed by atoms with Gasteiger partial charge in [0.1, 0.15) is 0 Å². The van der Waals surface area contributed by atoms with Crippen molar-refractivity contribution in [1.29, 1.82) is 0 Å². The lowest BCUT2D eigenvalue weighted by Gasteiger charge is -2.06. The summed E-state index contributed by atoms with van der Waals surface area (Å²) in [7, 11) is 0. The van der Waals surface area contributed by atoms with Crippen molar-refractivity contribution in [2.75, 3.05) is 0 Å². The number of esters is 2. The molecule has 0 aromatic heterocycles. The third-order valence-electron chi connectivity index (χ3n) is 2.42. The summed E-state index contributed by atoms with van der Waals surface area (Å²) >= 11 is 0. The van der Waals surface area contributed by atoms with Crippen molar-refractivity contribution in [2.24, 2.45) is 0 Å². The van der Waals surface area contributed by atoms with Crippen LogP contribution in [0.15, 0.2) is 11.1 Å². The van der Waals surface area contributed by atoms with Crippen molar-refractivity contribution in [1.82, 2.24) is 0 Å². The van der Waals surface area contributed by atoms with E-state index in [0.29, 0.717) is 18.4 Å². The number of allylic oxidation sites excluding steroid dienone is 1. The number of carbonyl (C=O) groups excluding carboxylic acids is 3. The van der Waals surface area contributed by atoms with Gasteiger partial charge >= 0.3 is 11.9 Å². The topological polar surface area (TPSA) is 60.4 Å². The Morgan fingerprint density at radius 2 is 1.41 bits per heavy atom. The second kappa shape index (κ2) is 7.76. The Kier molecular flexibility index (Phi) is 7.10. The Labute approximate surface area is 102 Å². The zero-order chi connectivity index (χ0) is 13.4. The molecule has 0 fully saturated rings. The quantitative estimate of drug-likeness (QED) is 0.406. The first kappa shape index (κ1) is 15.6. The van der Waals surface area contributed by atoms with Gasteiger partial charge in [-0.15, -0.1) is 0 Å². The van der Waals surface area contributed by atoms with E-state index in [4.69, 9.17) is 0 Å². The van der Waals surface area contributed by atoms with Gasteiger partial charge in [0.15, 0.2) is 5.78 Å². The van der Waals surface area contributed by atoms with E-state index in [1.54, 1.807) is 6.92 Å². The number of hydrogen-bond donors (Lipinski definition) is 0. The van der Waals surface area contributed by atoms with Crippen molar-refractivity contribution in [3.63, 3.8) is 0 Å². The van der Waals surface area contributed by atoms with E-state index >= 15 is 0 Å². The molecule has 0 saturated heterocycles. The van der Waals surface area contributed by atoms with Crippen LogP contribution in [0.2, 0.25) is 0 Å². The molecule has 0 heterocycles. The second-order valence-corrected chi connectivity index (χ2v) is 3.93. The molecule has 0 saturated carbocycles. The first-order valence-electron chi connectivity index (χ1n) is 5.89. The molecule has 0 atom stereocenters. The first-order chi connectivity index (χ1) is 7.93. The number of Topliss-reactive ketones (excluding diaryl/α,β-unsaturated/α-hetero) is 1. The van der Waals surface area contributed by atoms with Gasteiger partial charge in [0.25, 0.3) is 0 Å². The fraction of sp³-hybridized carbons (Fsp3) is 0.615. The predicted octanol–water partition coefficient (Wildman–Crippen LogP) is 2.56. The van der Waals surface area contributed by atoms with Crippen LogP contribution in [-0.4, -0.2) is 17.7 Å². The summed E-state index contributed by atoms with van der Waals surface area (Å²) in [6, 6.07) is 0. The molecule has 96 valence electrons. The summed E-state index contributed by atoms with van der Waals surface area (Å²) in [5.41, 5.74) is 0.592. The van der Waals surface area contributed by atoms with Gasteiger partial charge in [0.05, 0.1) is 0 Å². The molecule has 0 aromatic rings. The van der Waals surface area contributed by atoms with Gasteiger partial charge in [0, 0.05) is 24.0 Å². The third-order valence-corrected chi connectivity index (χ3v) is 2.42. The third kappa shape index (κ3) is 5.43. The minimum Gasteiger partial charge on any atom is -0.390 e. The molecule has 0 aliphatic carbocycles. The van der Waals surface area contributed by atoms with Gasteiger partial charge in [-0.25, -0.2) is 4.79 Å². The Morgan fingerprint density at radius 1 is 0.882 bits per heavy atom. The van der Waals surface area contributed by atoms with E-state index in [1.165, 1.54) is 6.92 Å². The van der Waals surface area contributed by atoms with Gasteiger partial charge in [-0.2, -0.15) is 0 Å².